The molecule has 0 saturated carbocycles. The number of carbonyl (C=O) groups is 1. The van der Waals surface area contributed by atoms with Crippen molar-refractivity contribution in [3.8, 4) is 22.6 Å². The molecule has 148 valence electrons. The van der Waals surface area contributed by atoms with Crippen molar-refractivity contribution in [2.75, 3.05) is 6.61 Å². The molecule has 7 nitrogen and oxygen atoms in total. The summed E-state index contributed by atoms with van der Waals surface area (Å²) in [7, 11) is 0. The van der Waals surface area contributed by atoms with Crippen LogP contribution in [0.2, 0.25) is 0 Å². The van der Waals surface area contributed by atoms with Gasteiger partial charge < -0.3 is 20.5 Å². The normalized spacial score (nSPS) is 13.0. The molecule has 1 atom stereocenters. The molecule has 28 heavy (non-hydrogen) atoms. The minimum Gasteiger partial charge on any atom is -0.508 e. The molecule has 0 bridgehead atoms. The number of rotatable bonds is 7. The summed E-state index contributed by atoms with van der Waals surface area (Å²) >= 11 is 0. The molecule has 0 fully saturated rings. The van der Waals surface area contributed by atoms with Crippen LogP contribution >= 0.6 is 0 Å². The first kappa shape index (κ1) is 21.0. The van der Waals surface area contributed by atoms with Crippen molar-refractivity contribution in [1.82, 2.24) is 4.73 Å². The topological polar surface area (TPSA) is 120 Å². The smallest absolute Gasteiger partial charge is 0.297 e. The predicted molar refractivity (Wildman–Crippen MR) is 105 cm³/mol. The Morgan fingerprint density at radius 1 is 1.18 bits per heavy atom. The third kappa shape index (κ3) is 4.69. The number of allylic oxidation sites excluding steroid dienone is 3. The maximum atomic E-state index is 12.5. The van der Waals surface area contributed by atoms with Crippen LogP contribution in [0.15, 0.2) is 59.1 Å². The van der Waals surface area contributed by atoms with Gasteiger partial charge >= 0.3 is 0 Å². The monoisotopic (exact) mass is 385 g/mol. The second-order valence-corrected chi connectivity index (χ2v) is 6.42. The predicted octanol–water partition coefficient (Wildman–Crippen LogP) is 2.87. The van der Waals surface area contributed by atoms with Crippen LogP contribution in [0.1, 0.15) is 30.6 Å². The van der Waals surface area contributed by atoms with E-state index < -0.39 is 22.7 Å². The van der Waals surface area contributed by atoms with Crippen LogP contribution in [0.25, 0.3) is 11.1 Å². The molecule has 7 heteroatoms. The molecule has 0 radical (unpaired) electrons. The lowest BCUT2D eigenvalue weighted by Gasteiger charge is -2.10. The van der Waals surface area contributed by atoms with Crippen LogP contribution in [0.5, 0.6) is 11.5 Å². The average Bonchev–Trinajstić information content (AvgIpc) is 2.68. The molecule has 0 aliphatic heterocycles. The molecular weight excluding hydrogens is 362 g/mol. The first-order valence-corrected chi connectivity index (χ1v) is 8.77. The molecule has 1 aromatic carbocycles. The van der Waals surface area contributed by atoms with Crippen molar-refractivity contribution in [3.63, 3.8) is 0 Å². The fourth-order valence-corrected chi connectivity index (χ4v) is 2.68. The zero-order valence-electron chi connectivity index (χ0n) is 15.7. The van der Waals surface area contributed by atoms with Gasteiger partial charge in [-0.25, -0.2) is 0 Å². The number of ketones is 1. The largest absolute Gasteiger partial charge is 0.508 e. The van der Waals surface area contributed by atoms with E-state index >= 15 is 0 Å². The summed E-state index contributed by atoms with van der Waals surface area (Å²) in [5.41, 5.74) is -0.421. The third-order valence-corrected chi connectivity index (χ3v) is 4.35. The van der Waals surface area contributed by atoms with Crippen LogP contribution in [0.3, 0.4) is 0 Å². The summed E-state index contributed by atoms with van der Waals surface area (Å²) in [5.74, 6) is -1.36. The number of phenolic OH excluding ortho intramolecular Hbond substituents is 1. The maximum absolute atomic E-state index is 12.5. The van der Waals surface area contributed by atoms with E-state index in [-0.39, 0.29) is 28.6 Å². The minimum atomic E-state index is -1.04. The highest BCUT2D eigenvalue weighted by atomic mass is 16.5. The average molecular weight is 385 g/mol. The second-order valence-electron chi connectivity index (χ2n) is 6.42. The minimum absolute atomic E-state index is 0.00955. The number of nitrogens with zero attached hydrogens (tertiary/aromatic N) is 1. The van der Waals surface area contributed by atoms with Gasteiger partial charge in [0, 0.05) is 18.1 Å². The molecule has 1 aromatic heterocycles. The molecule has 0 unspecified atom stereocenters. The Morgan fingerprint density at radius 2 is 1.82 bits per heavy atom. The molecular formula is C21H23NO6. The van der Waals surface area contributed by atoms with Gasteiger partial charge in [-0.3, -0.25) is 9.59 Å². The van der Waals surface area contributed by atoms with E-state index in [1.165, 1.54) is 30.3 Å². The number of aromatic nitrogens is 1. The van der Waals surface area contributed by atoms with Gasteiger partial charge in [0.1, 0.15) is 17.1 Å². The number of hydrogen-bond donors (Lipinski definition) is 4. The number of aliphatic hydroxyl groups is 1. The quantitative estimate of drug-likeness (QED) is 0.252. The van der Waals surface area contributed by atoms with Crippen molar-refractivity contribution in [2.45, 2.75) is 20.3 Å². The maximum Gasteiger partial charge on any atom is 0.297 e. The van der Waals surface area contributed by atoms with E-state index in [0.29, 0.717) is 11.1 Å². The Balaban J connectivity index is 2.45. The Bertz CT molecular complexity index is 966. The molecule has 0 aliphatic rings. The van der Waals surface area contributed by atoms with E-state index in [1.54, 1.807) is 13.0 Å². The van der Waals surface area contributed by atoms with Gasteiger partial charge in [-0.2, -0.15) is 4.73 Å². The van der Waals surface area contributed by atoms with Gasteiger partial charge in [0.2, 0.25) is 0 Å². The van der Waals surface area contributed by atoms with Crippen molar-refractivity contribution in [2.24, 2.45) is 5.92 Å². The van der Waals surface area contributed by atoms with Gasteiger partial charge in [0.05, 0.1) is 6.20 Å². The van der Waals surface area contributed by atoms with E-state index in [1.807, 2.05) is 6.92 Å². The summed E-state index contributed by atoms with van der Waals surface area (Å²) in [6.07, 6.45) is 6.16. The third-order valence-electron chi connectivity index (χ3n) is 4.35. The summed E-state index contributed by atoms with van der Waals surface area (Å²) in [6.45, 7) is 3.66. The van der Waals surface area contributed by atoms with Crippen molar-refractivity contribution < 1.29 is 25.3 Å². The molecule has 2 aromatic rings. The molecule has 1 heterocycles. The van der Waals surface area contributed by atoms with Gasteiger partial charge in [-0.05, 0) is 37.1 Å². The fraction of sp³-hybridized carbons (Fsp3) is 0.238. The lowest BCUT2D eigenvalue weighted by atomic mass is 10.0. The lowest BCUT2D eigenvalue weighted by molar-refractivity contribution is 0.103. The molecule has 0 amide bonds. The Morgan fingerprint density at radius 3 is 2.39 bits per heavy atom. The molecule has 0 spiro atoms. The molecule has 2 rings (SSSR count). The van der Waals surface area contributed by atoms with Crippen LogP contribution in [-0.4, -0.2) is 37.6 Å². The van der Waals surface area contributed by atoms with E-state index in [2.05, 4.69) is 0 Å². The van der Waals surface area contributed by atoms with Crippen LogP contribution < -0.4 is 5.56 Å². The fourth-order valence-electron chi connectivity index (χ4n) is 2.68. The van der Waals surface area contributed by atoms with Crippen LogP contribution in [0.4, 0.5) is 0 Å². The number of hydrogen-bond acceptors (Lipinski definition) is 6. The highest BCUT2D eigenvalue weighted by Crippen LogP contribution is 2.31. The Hall–Kier alpha value is -3.32. The summed E-state index contributed by atoms with van der Waals surface area (Å²) < 4.78 is 0.241. The second kappa shape index (κ2) is 9.05. The first-order valence-electron chi connectivity index (χ1n) is 8.77. The van der Waals surface area contributed by atoms with Gasteiger partial charge in [-0.1, -0.05) is 36.8 Å². The van der Waals surface area contributed by atoms with E-state index in [0.717, 1.165) is 18.7 Å². The number of phenols is 1. The molecule has 4 N–H and O–H groups in total. The van der Waals surface area contributed by atoms with Crippen LogP contribution in [-0.2, 0) is 0 Å². The zero-order chi connectivity index (χ0) is 20.8. The number of pyridine rings is 1. The van der Waals surface area contributed by atoms with Crippen molar-refractivity contribution >= 4 is 5.78 Å². The zero-order valence-corrected chi connectivity index (χ0v) is 15.7. The molecule has 0 aliphatic carbocycles. The van der Waals surface area contributed by atoms with E-state index in [9.17, 15) is 30.1 Å². The summed E-state index contributed by atoms with van der Waals surface area (Å²) in [5, 5.41) is 39.0. The molecule has 0 saturated heterocycles. The number of benzene rings is 1. The standard InChI is InChI=1S/C21H23NO6/c1-3-14(12-23)10-13(2)4-9-18(25)19-20(26)17(11-22(28)21(19)27)15-5-7-16(24)8-6-15/h4-11,14,23-24,26,28H,3,12H2,1-2H3/t14-/m1/s1. The van der Waals surface area contributed by atoms with Crippen molar-refractivity contribution in [3.05, 3.63) is 70.2 Å². The van der Waals surface area contributed by atoms with Gasteiger partial charge in [0.25, 0.3) is 5.56 Å². The summed E-state index contributed by atoms with van der Waals surface area (Å²) in [6, 6.07) is 5.71. The number of aliphatic hydroxyl groups excluding tert-OH is 1. The van der Waals surface area contributed by atoms with Crippen LogP contribution in [0, 0.1) is 5.92 Å². The summed E-state index contributed by atoms with van der Waals surface area (Å²) in [4.78, 5) is 24.7. The number of aromatic hydroxyl groups is 2. The van der Waals surface area contributed by atoms with Gasteiger partial charge in [-0.15, -0.1) is 0 Å². The lowest BCUT2D eigenvalue weighted by Crippen LogP contribution is -2.24. The highest BCUT2D eigenvalue weighted by molar-refractivity contribution is 6.07. The van der Waals surface area contributed by atoms with Crippen molar-refractivity contribution in [1.29, 1.82) is 0 Å². The SMILES string of the molecule is CC[C@H](C=C(C)C=CC(=O)c1c(O)c(-c2ccc(O)cc2)cn(O)c1=O)CO. The highest BCUT2D eigenvalue weighted by Gasteiger charge is 2.21. The Labute approximate surface area is 162 Å². The number of carbonyl (C=O) groups excluding carboxylic acids is 1. The van der Waals surface area contributed by atoms with E-state index in [4.69, 9.17) is 0 Å². The Kier molecular flexibility index (Phi) is 6.79. The first-order chi connectivity index (χ1) is 13.3. The van der Waals surface area contributed by atoms with Gasteiger partial charge in [0.15, 0.2) is 5.78 Å².